The zero-order valence-electron chi connectivity index (χ0n) is 10.8. The molecular formula is C12H16ClFN2O2S. The molecule has 1 aliphatic rings. The lowest BCUT2D eigenvalue weighted by Gasteiger charge is -2.18. The molecule has 1 aliphatic carbocycles. The zero-order valence-corrected chi connectivity index (χ0v) is 12.4. The van der Waals surface area contributed by atoms with Crippen molar-refractivity contribution in [3.8, 4) is 0 Å². The molecule has 1 fully saturated rings. The molecule has 1 N–H and O–H groups in total. The van der Waals surface area contributed by atoms with E-state index in [1.54, 1.807) is 7.05 Å². The molecule has 7 heteroatoms. The number of nitrogens with zero attached hydrogens (tertiary/aromatic N) is 1. The van der Waals surface area contributed by atoms with Gasteiger partial charge in [0, 0.05) is 30.2 Å². The summed E-state index contributed by atoms with van der Waals surface area (Å²) in [6.07, 6.45) is 1.64. The lowest BCUT2D eigenvalue weighted by molar-refractivity contribution is 0.456. The molecule has 19 heavy (non-hydrogen) atoms. The third kappa shape index (κ3) is 2.91. The SMILES string of the molecule is CNCc1cc(Cl)cc(S(=O)(=O)N(C)C2CC2)c1F. The first-order valence-corrected chi connectivity index (χ1v) is 7.80. The Kier molecular flexibility index (Phi) is 4.15. The Morgan fingerprint density at radius 3 is 2.63 bits per heavy atom. The molecule has 0 atom stereocenters. The number of sulfonamides is 1. The molecule has 0 aromatic heterocycles. The minimum absolute atomic E-state index is 0.0175. The molecule has 0 bridgehead atoms. The highest BCUT2D eigenvalue weighted by Crippen LogP contribution is 2.33. The van der Waals surface area contributed by atoms with Gasteiger partial charge in [-0.1, -0.05) is 11.6 Å². The second-order valence-electron chi connectivity index (χ2n) is 4.66. The molecule has 2 rings (SSSR count). The number of hydrogen-bond acceptors (Lipinski definition) is 3. The Bertz CT molecular complexity index is 588. The van der Waals surface area contributed by atoms with E-state index in [2.05, 4.69) is 5.32 Å². The molecule has 0 spiro atoms. The average molecular weight is 307 g/mol. The van der Waals surface area contributed by atoms with Crippen molar-refractivity contribution in [3.63, 3.8) is 0 Å². The Balaban J connectivity index is 2.49. The zero-order chi connectivity index (χ0) is 14.2. The van der Waals surface area contributed by atoms with Crippen LogP contribution in [0.1, 0.15) is 18.4 Å². The molecule has 1 aromatic rings. The fourth-order valence-electron chi connectivity index (χ4n) is 1.91. The van der Waals surface area contributed by atoms with Crippen LogP contribution in [0.5, 0.6) is 0 Å². The van der Waals surface area contributed by atoms with Crippen molar-refractivity contribution in [1.82, 2.24) is 9.62 Å². The number of rotatable bonds is 5. The predicted octanol–water partition coefficient (Wildman–Crippen LogP) is 1.98. The van der Waals surface area contributed by atoms with Crippen LogP contribution < -0.4 is 5.32 Å². The maximum Gasteiger partial charge on any atom is 0.246 e. The first-order valence-electron chi connectivity index (χ1n) is 5.98. The topological polar surface area (TPSA) is 49.4 Å². The first-order chi connectivity index (χ1) is 8.87. The monoisotopic (exact) mass is 306 g/mol. The van der Waals surface area contributed by atoms with Gasteiger partial charge in [0.15, 0.2) is 0 Å². The van der Waals surface area contributed by atoms with E-state index in [1.807, 2.05) is 0 Å². The average Bonchev–Trinajstić information content (AvgIpc) is 3.16. The van der Waals surface area contributed by atoms with Crippen LogP contribution >= 0.6 is 11.6 Å². The lowest BCUT2D eigenvalue weighted by atomic mass is 10.2. The summed E-state index contributed by atoms with van der Waals surface area (Å²) in [6.45, 7) is 0.224. The molecule has 1 saturated carbocycles. The van der Waals surface area contributed by atoms with Crippen molar-refractivity contribution in [3.05, 3.63) is 28.5 Å². The van der Waals surface area contributed by atoms with Crippen LogP contribution in [0.2, 0.25) is 5.02 Å². The third-order valence-electron chi connectivity index (χ3n) is 3.16. The van der Waals surface area contributed by atoms with Crippen LogP contribution in [0, 0.1) is 5.82 Å². The molecule has 0 aliphatic heterocycles. The quantitative estimate of drug-likeness (QED) is 0.905. The summed E-state index contributed by atoms with van der Waals surface area (Å²) in [4.78, 5) is -0.348. The summed E-state index contributed by atoms with van der Waals surface area (Å²) in [5, 5.41) is 3.01. The van der Waals surface area contributed by atoms with E-state index >= 15 is 0 Å². The van der Waals surface area contributed by atoms with Gasteiger partial charge in [-0.15, -0.1) is 0 Å². The van der Waals surface area contributed by atoms with Crippen LogP contribution in [0.15, 0.2) is 17.0 Å². The van der Waals surface area contributed by atoms with Crippen LogP contribution in [0.25, 0.3) is 0 Å². The summed E-state index contributed by atoms with van der Waals surface area (Å²) < 4.78 is 40.2. The Morgan fingerprint density at radius 1 is 1.47 bits per heavy atom. The first kappa shape index (κ1) is 14.7. The second kappa shape index (κ2) is 5.36. The molecule has 1 aromatic carbocycles. The maximum absolute atomic E-state index is 14.3. The van der Waals surface area contributed by atoms with E-state index < -0.39 is 15.8 Å². The van der Waals surface area contributed by atoms with Crippen molar-refractivity contribution in [1.29, 1.82) is 0 Å². The molecule has 0 unspecified atom stereocenters. The summed E-state index contributed by atoms with van der Waals surface area (Å²) >= 11 is 5.89. The van der Waals surface area contributed by atoms with Gasteiger partial charge in [0.05, 0.1) is 0 Å². The smallest absolute Gasteiger partial charge is 0.246 e. The van der Waals surface area contributed by atoms with Gasteiger partial charge in [-0.3, -0.25) is 0 Å². The summed E-state index contributed by atoms with van der Waals surface area (Å²) in [5.41, 5.74) is 0.248. The molecule has 0 saturated heterocycles. The fourth-order valence-corrected chi connectivity index (χ4v) is 3.77. The van der Waals surface area contributed by atoms with Crippen molar-refractivity contribution < 1.29 is 12.8 Å². The highest BCUT2D eigenvalue weighted by Gasteiger charge is 2.36. The second-order valence-corrected chi connectivity index (χ2v) is 7.06. The van der Waals surface area contributed by atoms with Gasteiger partial charge >= 0.3 is 0 Å². The van der Waals surface area contributed by atoms with Gasteiger partial charge < -0.3 is 5.32 Å². The van der Waals surface area contributed by atoms with Crippen molar-refractivity contribution in [2.45, 2.75) is 30.3 Å². The molecule has 0 amide bonds. The van der Waals surface area contributed by atoms with Crippen LogP contribution in [0.4, 0.5) is 4.39 Å². The van der Waals surface area contributed by atoms with E-state index in [4.69, 9.17) is 11.6 Å². The van der Waals surface area contributed by atoms with Crippen molar-refractivity contribution in [2.24, 2.45) is 0 Å². The third-order valence-corrected chi connectivity index (χ3v) is 5.29. The van der Waals surface area contributed by atoms with E-state index in [0.29, 0.717) is 0 Å². The maximum atomic E-state index is 14.3. The normalized spacial score (nSPS) is 16.1. The fraction of sp³-hybridized carbons (Fsp3) is 0.500. The van der Waals surface area contributed by atoms with E-state index in [1.165, 1.54) is 23.5 Å². The minimum atomic E-state index is -3.82. The standard InChI is InChI=1S/C12H16ClFN2O2S/c1-15-7-8-5-9(13)6-11(12(8)14)19(17,18)16(2)10-3-4-10/h5-6,10,15H,3-4,7H2,1-2H3. The van der Waals surface area contributed by atoms with Gasteiger partial charge in [-0.05, 0) is 32.0 Å². The molecule has 4 nitrogen and oxygen atoms in total. The number of benzene rings is 1. The highest BCUT2D eigenvalue weighted by atomic mass is 35.5. The van der Waals surface area contributed by atoms with Gasteiger partial charge in [-0.2, -0.15) is 4.31 Å². The minimum Gasteiger partial charge on any atom is -0.316 e. The number of halogens is 2. The van der Waals surface area contributed by atoms with Gasteiger partial charge in [0.25, 0.3) is 0 Å². The number of nitrogens with one attached hydrogen (secondary N) is 1. The van der Waals surface area contributed by atoms with Crippen molar-refractivity contribution >= 4 is 21.6 Å². The Labute approximate surface area is 117 Å². The van der Waals surface area contributed by atoms with Gasteiger partial charge in [0.2, 0.25) is 10.0 Å². The molecular weight excluding hydrogens is 291 g/mol. The summed E-state index contributed by atoms with van der Waals surface area (Å²) in [5.74, 6) is -0.730. The molecule has 0 heterocycles. The van der Waals surface area contributed by atoms with E-state index in [-0.39, 0.29) is 28.1 Å². The number of hydrogen-bond donors (Lipinski definition) is 1. The lowest BCUT2D eigenvalue weighted by Crippen LogP contribution is -2.30. The molecule has 106 valence electrons. The van der Waals surface area contributed by atoms with Crippen LogP contribution in [0.3, 0.4) is 0 Å². The van der Waals surface area contributed by atoms with Crippen molar-refractivity contribution in [2.75, 3.05) is 14.1 Å². The summed E-state index contributed by atoms with van der Waals surface area (Å²) in [7, 11) is -0.689. The Hall–Kier alpha value is -0.690. The van der Waals surface area contributed by atoms with Crippen LogP contribution in [-0.2, 0) is 16.6 Å². The molecule has 0 radical (unpaired) electrons. The van der Waals surface area contributed by atoms with E-state index in [9.17, 15) is 12.8 Å². The van der Waals surface area contributed by atoms with Gasteiger partial charge in [-0.25, -0.2) is 12.8 Å². The van der Waals surface area contributed by atoms with Crippen LogP contribution in [-0.4, -0.2) is 32.9 Å². The predicted molar refractivity (Wildman–Crippen MR) is 72.1 cm³/mol. The van der Waals surface area contributed by atoms with Gasteiger partial charge in [0.1, 0.15) is 10.7 Å². The van der Waals surface area contributed by atoms with E-state index in [0.717, 1.165) is 12.8 Å². The Morgan fingerprint density at radius 2 is 2.11 bits per heavy atom. The largest absolute Gasteiger partial charge is 0.316 e. The summed E-state index contributed by atoms with van der Waals surface area (Å²) in [6, 6.07) is 2.59. The highest BCUT2D eigenvalue weighted by molar-refractivity contribution is 7.89.